The zero-order valence-corrected chi connectivity index (χ0v) is 10.8. The molecule has 82 valence electrons. The van der Waals surface area contributed by atoms with E-state index in [-0.39, 0.29) is 11.9 Å². The highest BCUT2D eigenvalue weighted by molar-refractivity contribution is 9.09. The van der Waals surface area contributed by atoms with E-state index in [1.165, 1.54) is 0 Å². The molecule has 0 aliphatic heterocycles. The average Bonchev–Trinajstić information content (AvgIpc) is 2.27. The Labute approximate surface area is 103 Å². The van der Waals surface area contributed by atoms with Crippen LogP contribution in [-0.2, 0) is 4.79 Å². The van der Waals surface area contributed by atoms with Crippen LogP contribution in [0.15, 0.2) is 24.3 Å². The summed E-state index contributed by atoms with van der Waals surface area (Å²) in [6.45, 7) is 2.04. The summed E-state index contributed by atoms with van der Waals surface area (Å²) in [6.07, 6.45) is 0.861. The standard InChI is InChI=1S/C11H13BrClNO/c1-2-10(14-11(15)7-12)8-3-5-9(13)6-4-8/h3-6,10H,2,7H2,1H3,(H,14,15). The third kappa shape index (κ3) is 3.84. The quantitative estimate of drug-likeness (QED) is 0.847. The van der Waals surface area contributed by atoms with Crippen LogP contribution in [0.1, 0.15) is 24.9 Å². The lowest BCUT2D eigenvalue weighted by Gasteiger charge is -2.16. The fourth-order valence-corrected chi connectivity index (χ4v) is 1.64. The minimum absolute atomic E-state index is 0.00296. The Kier molecular flexibility index (Phi) is 5.12. The number of halogens is 2. The summed E-state index contributed by atoms with van der Waals surface area (Å²) in [7, 11) is 0. The van der Waals surface area contributed by atoms with E-state index < -0.39 is 0 Å². The Morgan fingerprint density at radius 3 is 2.53 bits per heavy atom. The SMILES string of the molecule is CCC(NC(=O)CBr)c1ccc(Cl)cc1. The van der Waals surface area contributed by atoms with E-state index in [1.807, 2.05) is 31.2 Å². The molecule has 0 aliphatic rings. The van der Waals surface area contributed by atoms with Gasteiger partial charge in [0.05, 0.1) is 11.4 Å². The van der Waals surface area contributed by atoms with Crippen LogP contribution >= 0.6 is 27.5 Å². The molecule has 0 bridgehead atoms. The number of hydrogen-bond acceptors (Lipinski definition) is 1. The van der Waals surface area contributed by atoms with Crippen LogP contribution in [0, 0.1) is 0 Å². The van der Waals surface area contributed by atoms with Gasteiger partial charge in [-0.15, -0.1) is 0 Å². The van der Waals surface area contributed by atoms with E-state index in [9.17, 15) is 4.79 Å². The van der Waals surface area contributed by atoms with Crippen LogP contribution in [0.25, 0.3) is 0 Å². The summed E-state index contributed by atoms with van der Waals surface area (Å²) in [4.78, 5) is 11.2. The molecule has 2 nitrogen and oxygen atoms in total. The second kappa shape index (κ2) is 6.13. The summed E-state index contributed by atoms with van der Waals surface area (Å²) >= 11 is 8.92. The van der Waals surface area contributed by atoms with Gasteiger partial charge in [0.25, 0.3) is 0 Å². The minimum atomic E-state index is -0.00296. The van der Waals surface area contributed by atoms with Crippen LogP contribution in [0.4, 0.5) is 0 Å². The van der Waals surface area contributed by atoms with E-state index >= 15 is 0 Å². The number of rotatable bonds is 4. The second-order valence-corrected chi connectivity index (χ2v) is 4.21. The Morgan fingerprint density at radius 1 is 1.47 bits per heavy atom. The van der Waals surface area contributed by atoms with Crippen LogP contribution in [0.3, 0.4) is 0 Å². The molecule has 0 aliphatic carbocycles. The van der Waals surface area contributed by atoms with Crippen molar-refractivity contribution in [3.05, 3.63) is 34.9 Å². The highest BCUT2D eigenvalue weighted by Gasteiger charge is 2.11. The van der Waals surface area contributed by atoms with Gasteiger partial charge in [-0.25, -0.2) is 0 Å². The van der Waals surface area contributed by atoms with Gasteiger partial charge in [0.15, 0.2) is 0 Å². The molecule has 0 saturated heterocycles. The fourth-order valence-electron chi connectivity index (χ4n) is 1.35. The molecule has 1 rings (SSSR count). The summed E-state index contributed by atoms with van der Waals surface area (Å²) < 4.78 is 0. The lowest BCUT2D eigenvalue weighted by Crippen LogP contribution is -2.28. The molecule has 4 heteroatoms. The first-order valence-corrected chi connectivity index (χ1v) is 6.28. The highest BCUT2D eigenvalue weighted by atomic mass is 79.9. The molecule has 1 aromatic carbocycles. The average molecular weight is 291 g/mol. The van der Waals surface area contributed by atoms with Gasteiger partial charge in [0.1, 0.15) is 0 Å². The van der Waals surface area contributed by atoms with E-state index in [4.69, 9.17) is 11.6 Å². The molecule has 0 aromatic heterocycles. The number of carbonyl (C=O) groups excluding carboxylic acids is 1. The number of hydrogen-bond donors (Lipinski definition) is 1. The topological polar surface area (TPSA) is 29.1 Å². The van der Waals surface area contributed by atoms with Gasteiger partial charge >= 0.3 is 0 Å². The Bertz CT molecular complexity index is 326. The van der Waals surface area contributed by atoms with Crippen molar-refractivity contribution >= 4 is 33.4 Å². The zero-order valence-electron chi connectivity index (χ0n) is 8.47. The predicted octanol–water partition coefficient (Wildman–Crippen LogP) is 3.30. The normalized spacial score (nSPS) is 12.2. The molecule has 1 unspecified atom stereocenters. The van der Waals surface area contributed by atoms with Crippen molar-refractivity contribution in [1.82, 2.24) is 5.32 Å². The monoisotopic (exact) mass is 289 g/mol. The van der Waals surface area contributed by atoms with E-state index in [0.717, 1.165) is 12.0 Å². The number of alkyl halides is 1. The fraction of sp³-hybridized carbons (Fsp3) is 0.364. The molecule has 1 amide bonds. The maximum absolute atomic E-state index is 11.2. The number of benzene rings is 1. The Hall–Kier alpha value is -0.540. The molecule has 0 radical (unpaired) electrons. The summed E-state index contributed by atoms with van der Waals surface area (Å²) in [5.74, 6) is -0.00296. The van der Waals surface area contributed by atoms with Gasteiger partial charge in [0.2, 0.25) is 5.91 Å². The van der Waals surface area contributed by atoms with Gasteiger partial charge in [-0.1, -0.05) is 46.6 Å². The smallest absolute Gasteiger partial charge is 0.231 e. The molecule has 1 atom stereocenters. The molecular formula is C11H13BrClNO. The maximum Gasteiger partial charge on any atom is 0.231 e. The number of amides is 1. The highest BCUT2D eigenvalue weighted by Crippen LogP contribution is 2.18. The van der Waals surface area contributed by atoms with Crippen molar-refractivity contribution in [2.24, 2.45) is 0 Å². The van der Waals surface area contributed by atoms with Crippen molar-refractivity contribution < 1.29 is 4.79 Å². The minimum Gasteiger partial charge on any atom is -0.349 e. The third-order valence-electron chi connectivity index (χ3n) is 2.14. The van der Waals surface area contributed by atoms with Crippen LogP contribution in [-0.4, -0.2) is 11.2 Å². The molecule has 0 spiro atoms. The van der Waals surface area contributed by atoms with E-state index in [1.54, 1.807) is 0 Å². The van der Waals surface area contributed by atoms with Gasteiger partial charge < -0.3 is 5.32 Å². The molecule has 15 heavy (non-hydrogen) atoms. The van der Waals surface area contributed by atoms with Gasteiger partial charge in [0, 0.05) is 5.02 Å². The van der Waals surface area contributed by atoms with Crippen LogP contribution in [0.2, 0.25) is 5.02 Å². The maximum atomic E-state index is 11.2. The summed E-state index contributed by atoms with van der Waals surface area (Å²) in [5.41, 5.74) is 1.08. The van der Waals surface area contributed by atoms with Crippen LogP contribution < -0.4 is 5.32 Å². The van der Waals surface area contributed by atoms with Crippen molar-refractivity contribution in [3.63, 3.8) is 0 Å². The lowest BCUT2D eigenvalue weighted by molar-refractivity contribution is -0.119. The van der Waals surface area contributed by atoms with E-state index in [0.29, 0.717) is 10.4 Å². The predicted molar refractivity (Wildman–Crippen MR) is 66.4 cm³/mol. The lowest BCUT2D eigenvalue weighted by atomic mass is 10.0. The van der Waals surface area contributed by atoms with E-state index in [2.05, 4.69) is 21.2 Å². The molecule has 0 fully saturated rings. The Morgan fingerprint density at radius 2 is 2.07 bits per heavy atom. The Balaban J connectivity index is 2.74. The second-order valence-electron chi connectivity index (χ2n) is 3.21. The van der Waals surface area contributed by atoms with Crippen molar-refractivity contribution in [2.75, 3.05) is 5.33 Å². The molecule has 0 saturated carbocycles. The number of nitrogens with one attached hydrogen (secondary N) is 1. The molecule has 0 heterocycles. The van der Waals surface area contributed by atoms with Gasteiger partial charge in [-0.3, -0.25) is 4.79 Å². The molecular weight excluding hydrogens is 277 g/mol. The summed E-state index contributed by atoms with van der Waals surface area (Å²) in [6, 6.07) is 7.60. The first kappa shape index (κ1) is 12.5. The van der Waals surface area contributed by atoms with Crippen molar-refractivity contribution in [1.29, 1.82) is 0 Å². The number of carbonyl (C=O) groups is 1. The molecule has 1 N–H and O–H groups in total. The first-order valence-electron chi connectivity index (χ1n) is 4.78. The van der Waals surface area contributed by atoms with Crippen LogP contribution in [0.5, 0.6) is 0 Å². The molecule has 1 aromatic rings. The van der Waals surface area contributed by atoms with Gasteiger partial charge in [-0.2, -0.15) is 0 Å². The van der Waals surface area contributed by atoms with Crippen molar-refractivity contribution in [2.45, 2.75) is 19.4 Å². The third-order valence-corrected chi connectivity index (χ3v) is 2.90. The first-order chi connectivity index (χ1) is 7.17. The largest absolute Gasteiger partial charge is 0.349 e. The summed E-state index contributed by atoms with van der Waals surface area (Å²) in [5, 5.41) is 3.96. The van der Waals surface area contributed by atoms with Crippen molar-refractivity contribution in [3.8, 4) is 0 Å². The zero-order chi connectivity index (χ0) is 11.3. The van der Waals surface area contributed by atoms with Gasteiger partial charge in [-0.05, 0) is 24.1 Å².